The number of furan rings is 1. The van der Waals surface area contributed by atoms with Crippen molar-refractivity contribution in [2.45, 2.75) is 12.7 Å². The summed E-state index contributed by atoms with van der Waals surface area (Å²) in [6.07, 6.45) is 1.48. The predicted molar refractivity (Wildman–Crippen MR) is 113 cm³/mol. The molecule has 1 amide bonds. The van der Waals surface area contributed by atoms with Gasteiger partial charge in [-0.25, -0.2) is 13.1 Å². The van der Waals surface area contributed by atoms with Gasteiger partial charge in [0.25, 0.3) is 5.91 Å². The van der Waals surface area contributed by atoms with Crippen LogP contribution >= 0.6 is 0 Å². The van der Waals surface area contributed by atoms with E-state index in [1.54, 1.807) is 56.5 Å². The SMILES string of the molecule is C=CCNS(=O)(=O)Cc1ccc(NC(=O)c2c(C)oc3ccc(OC)cc23)cc1. The van der Waals surface area contributed by atoms with Crippen molar-refractivity contribution in [2.24, 2.45) is 0 Å². The first-order valence-corrected chi connectivity index (χ1v) is 10.5. The number of methoxy groups -OCH3 is 1. The van der Waals surface area contributed by atoms with Crippen LogP contribution in [0.4, 0.5) is 5.69 Å². The summed E-state index contributed by atoms with van der Waals surface area (Å²) in [6, 6.07) is 11.9. The number of benzene rings is 2. The number of nitrogens with one attached hydrogen (secondary N) is 2. The van der Waals surface area contributed by atoms with Crippen molar-refractivity contribution in [3.05, 3.63) is 72.0 Å². The Balaban J connectivity index is 1.77. The average molecular weight is 414 g/mol. The lowest BCUT2D eigenvalue weighted by molar-refractivity contribution is 0.102. The molecule has 0 unspecified atom stereocenters. The first-order chi connectivity index (χ1) is 13.8. The Morgan fingerprint density at radius 2 is 1.93 bits per heavy atom. The molecular weight excluding hydrogens is 392 g/mol. The Morgan fingerprint density at radius 1 is 1.21 bits per heavy atom. The quantitative estimate of drug-likeness (QED) is 0.549. The number of ether oxygens (including phenoxy) is 1. The van der Waals surface area contributed by atoms with Gasteiger partial charge >= 0.3 is 0 Å². The van der Waals surface area contributed by atoms with Gasteiger partial charge in [-0.05, 0) is 42.8 Å². The minimum atomic E-state index is -3.44. The number of aryl methyl sites for hydroxylation is 1. The Kier molecular flexibility index (Phi) is 6.05. The van der Waals surface area contributed by atoms with E-state index in [0.29, 0.717) is 39.3 Å². The van der Waals surface area contributed by atoms with Crippen LogP contribution < -0.4 is 14.8 Å². The van der Waals surface area contributed by atoms with Crippen LogP contribution in [0, 0.1) is 6.92 Å². The van der Waals surface area contributed by atoms with Crippen LogP contribution in [0.1, 0.15) is 21.7 Å². The number of hydrogen-bond acceptors (Lipinski definition) is 5. The van der Waals surface area contributed by atoms with Gasteiger partial charge in [0.2, 0.25) is 10.0 Å². The lowest BCUT2D eigenvalue weighted by Gasteiger charge is -2.08. The number of anilines is 1. The smallest absolute Gasteiger partial charge is 0.259 e. The third kappa shape index (κ3) is 4.85. The van der Waals surface area contributed by atoms with Crippen LogP contribution in [0.15, 0.2) is 59.5 Å². The summed E-state index contributed by atoms with van der Waals surface area (Å²) in [5.74, 6) is 0.660. The van der Waals surface area contributed by atoms with Crippen molar-refractivity contribution in [3.63, 3.8) is 0 Å². The molecule has 0 saturated heterocycles. The molecule has 1 aromatic heterocycles. The summed E-state index contributed by atoms with van der Waals surface area (Å²) >= 11 is 0. The van der Waals surface area contributed by atoms with Gasteiger partial charge in [-0.1, -0.05) is 18.2 Å². The van der Waals surface area contributed by atoms with Gasteiger partial charge in [0, 0.05) is 17.6 Å². The van der Waals surface area contributed by atoms with E-state index in [9.17, 15) is 13.2 Å². The Labute approximate surface area is 169 Å². The molecule has 8 heteroatoms. The van der Waals surface area contributed by atoms with Gasteiger partial charge in [0.05, 0.1) is 18.4 Å². The number of amides is 1. The summed E-state index contributed by atoms with van der Waals surface area (Å²) in [5.41, 5.74) is 2.18. The standard InChI is InChI=1S/C21H22N2O5S/c1-4-11-22-29(25,26)13-15-5-7-16(8-6-15)23-21(24)20-14(2)28-19-10-9-17(27-3)12-18(19)20/h4-10,12,22H,1,11,13H2,2-3H3,(H,23,24). The summed E-state index contributed by atoms with van der Waals surface area (Å²) < 4.78 is 37.2. The van der Waals surface area contributed by atoms with Crippen LogP contribution in [0.2, 0.25) is 0 Å². The van der Waals surface area contributed by atoms with Crippen molar-refractivity contribution in [3.8, 4) is 5.75 Å². The van der Waals surface area contributed by atoms with Crippen LogP contribution in [-0.2, 0) is 15.8 Å². The van der Waals surface area contributed by atoms with Crippen molar-refractivity contribution in [2.75, 3.05) is 19.0 Å². The van der Waals surface area contributed by atoms with Crippen LogP contribution in [0.25, 0.3) is 11.0 Å². The molecule has 2 N–H and O–H groups in total. The minimum Gasteiger partial charge on any atom is -0.497 e. The second-order valence-corrected chi connectivity index (χ2v) is 8.25. The highest BCUT2D eigenvalue weighted by Gasteiger charge is 2.19. The zero-order chi connectivity index (χ0) is 21.0. The maximum absolute atomic E-state index is 12.8. The Hall–Kier alpha value is -3.10. The summed E-state index contributed by atoms with van der Waals surface area (Å²) in [5, 5.41) is 3.48. The van der Waals surface area contributed by atoms with Crippen molar-refractivity contribution in [1.29, 1.82) is 0 Å². The van der Waals surface area contributed by atoms with Crippen LogP contribution in [0.5, 0.6) is 5.75 Å². The maximum atomic E-state index is 12.8. The van der Waals surface area contributed by atoms with Crippen LogP contribution in [-0.4, -0.2) is 28.0 Å². The molecule has 3 aromatic rings. The lowest BCUT2D eigenvalue weighted by Crippen LogP contribution is -2.25. The molecular formula is C21H22N2O5S. The molecule has 0 fully saturated rings. The fraction of sp³-hybridized carbons (Fsp3) is 0.190. The topological polar surface area (TPSA) is 97.6 Å². The number of hydrogen-bond donors (Lipinski definition) is 2. The molecule has 0 spiro atoms. The van der Waals surface area contributed by atoms with Crippen LogP contribution in [0.3, 0.4) is 0 Å². The Bertz CT molecular complexity index is 1150. The Morgan fingerprint density at radius 3 is 2.59 bits per heavy atom. The molecule has 0 aliphatic heterocycles. The number of carbonyl (C=O) groups is 1. The molecule has 152 valence electrons. The van der Waals surface area contributed by atoms with E-state index in [0.717, 1.165) is 0 Å². The maximum Gasteiger partial charge on any atom is 0.259 e. The van der Waals surface area contributed by atoms with Gasteiger partial charge < -0.3 is 14.5 Å². The van der Waals surface area contributed by atoms with Gasteiger partial charge in [-0.3, -0.25) is 4.79 Å². The number of rotatable bonds is 8. The monoisotopic (exact) mass is 414 g/mol. The van der Waals surface area contributed by atoms with E-state index in [1.807, 2.05) is 0 Å². The molecule has 0 atom stereocenters. The van der Waals surface area contributed by atoms with E-state index in [4.69, 9.17) is 9.15 Å². The van der Waals surface area contributed by atoms with Crippen molar-refractivity contribution >= 4 is 32.6 Å². The highest BCUT2D eigenvalue weighted by atomic mass is 32.2. The molecule has 0 aliphatic carbocycles. The summed E-state index contributed by atoms with van der Waals surface area (Å²) in [7, 11) is -1.88. The molecule has 0 aliphatic rings. The summed E-state index contributed by atoms with van der Waals surface area (Å²) in [4.78, 5) is 12.8. The molecule has 0 radical (unpaired) electrons. The van der Waals surface area contributed by atoms with Gasteiger partial charge in [0.1, 0.15) is 17.1 Å². The highest BCUT2D eigenvalue weighted by Crippen LogP contribution is 2.29. The van der Waals surface area contributed by atoms with Gasteiger partial charge in [-0.2, -0.15) is 0 Å². The first-order valence-electron chi connectivity index (χ1n) is 8.88. The average Bonchev–Trinajstić information content (AvgIpc) is 3.02. The number of carbonyl (C=O) groups excluding carboxylic acids is 1. The third-order valence-corrected chi connectivity index (χ3v) is 5.63. The summed E-state index contributed by atoms with van der Waals surface area (Å²) in [6.45, 7) is 5.39. The molecule has 2 aromatic carbocycles. The minimum absolute atomic E-state index is 0.152. The number of sulfonamides is 1. The molecule has 0 bridgehead atoms. The zero-order valence-corrected chi connectivity index (χ0v) is 17.0. The second-order valence-electron chi connectivity index (χ2n) is 6.44. The highest BCUT2D eigenvalue weighted by molar-refractivity contribution is 7.88. The molecule has 7 nitrogen and oxygen atoms in total. The first kappa shape index (κ1) is 20.6. The van der Waals surface area contributed by atoms with Gasteiger partial charge in [-0.15, -0.1) is 6.58 Å². The van der Waals surface area contributed by atoms with E-state index < -0.39 is 10.0 Å². The fourth-order valence-electron chi connectivity index (χ4n) is 2.94. The molecule has 1 heterocycles. The molecule has 3 rings (SSSR count). The number of fused-ring (bicyclic) bond motifs is 1. The second kappa shape index (κ2) is 8.50. The normalized spacial score (nSPS) is 11.4. The van der Waals surface area contributed by atoms with E-state index in [2.05, 4.69) is 16.6 Å². The predicted octanol–water partition coefficient (Wildman–Crippen LogP) is 3.61. The largest absolute Gasteiger partial charge is 0.497 e. The van der Waals surface area contributed by atoms with E-state index in [-0.39, 0.29) is 18.2 Å². The van der Waals surface area contributed by atoms with E-state index in [1.165, 1.54) is 6.08 Å². The molecule has 29 heavy (non-hydrogen) atoms. The third-order valence-electron chi connectivity index (χ3n) is 4.31. The van der Waals surface area contributed by atoms with Crippen molar-refractivity contribution < 1.29 is 22.4 Å². The van der Waals surface area contributed by atoms with E-state index >= 15 is 0 Å². The van der Waals surface area contributed by atoms with Crippen molar-refractivity contribution in [1.82, 2.24) is 4.72 Å². The molecule has 0 saturated carbocycles. The zero-order valence-electron chi connectivity index (χ0n) is 16.2. The van der Waals surface area contributed by atoms with Gasteiger partial charge in [0.15, 0.2) is 0 Å². The lowest BCUT2D eigenvalue weighted by atomic mass is 10.1. The fourth-order valence-corrected chi connectivity index (χ4v) is 4.05.